The molecule has 0 atom stereocenters. The molecule has 3 aromatic carbocycles. The summed E-state index contributed by atoms with van der Waals surface area (Å²) in [5.41, 5.74) is 2.78. The number of ether oxygens (including phenoxy) is 2. The third kappa shape index (κ3) is 5.03. The van der Waals surface area contributed by atoms with E-state index >= 15 is 0 Å². The number of nitrogens with one attached hydrogen (secondary N) is 2. The molecule has 0 unspecified atom stereocenters. The van der Waals surface area contributed by atoms with E-state index in [0.29, 0.717) is 39.2 Å². The average molecular weight is 502 g/mol. The summed E-state index contributed by atoms with van der Waals surface area (Å²) in [6.07, 6.45) is 0. The van der Waals surface area contributed by atoms with Crippen LogP contribution in [0.2, 0.25) is 10.0 Å². The highest BCUT2D eigenvalue weighted by Gasteiger charge is 2.15. The topological polar surface area (TPSA) is 85.6 Å². The zero-order valence-corrected chi connectivity index (χ0v) is 19.8. The summed E-state index contributed by atoms with van der Waals surface area (Å²) in [4.78, 5) is 17.0. The van der Waals surface area contributed by atoms with E-state index < -0.39 is 5.91 Å². The molecule has 2 N–H and O–H groups in total. The zero-order valence-electron chi connectivity index (χ0n) is 17.4. The maximum Gasteiger partial charge on any atom is 0.258 e. The Bertz CT molecular complexity index is 1370. The number of carbonyl (C=O) groups excluding carboxylic acids is 1. The van der Waals surface area contributed by atoms with Crippen molar-refractivity contribution in [3.8, 4) is 23.0 Å². The number of benzene rings is 3. The van der Waals surface area contributed by atoms with Crippen molar-refractivity contribution in [3.63, 3.8) is 0 Å². The average Bonchev–Trinajstić information content (AvgIpc) is 3.23. The molecule has 0 aliphatic heterocycles. The fourth-order valence-electron chi connectivity index (χ4n) is 3.10. The highest BCUT2D eigenvalue weighted by atomic mass is 35.5. The predicted molar refractivity (Wildman–Crippen MR) is 133 cm³/mol. The molecule has 10 heteroatoms. The summed E-state index contributed by atoms with van der Waals surface area (Å²) >= 11 is 17.3. The first-order valence-corrected chi connectivity index (χ1v) is 10.7. The number of thiocarbonyl (C=S) groups is 1. The van der Waals surface area contributed by atoms with Crippen molar-refractivity contribution in [2.24, 2.45) is 0 Å². The highest BCUT2D eigenvalue weighted by molar-refractivity contribution is 7.80. The zero-order chi connectivity index (χ0) is 23.5. The van der Waals surface area contributed by atoms with E-state index in [0.717, 1.165) is 5.56 Å². The molecule has 33 heavy (non-hydrogen) atoms. The highest BCUT2D eigenvalue weighted by Crippen LogP contribution is 2.33. The number of hydrogen-bond donors (Lipinski definition) is 2. The van der Waals surface area contributed by atoms with Crippen LogP contribution >= 0.6 is 35.4 Å². The monoisotopic (exact) mass is 501 g/mol. The van der Waals surface area contributed by atoms with Crippen LogP contribution in [0.5, 0.6) is 11.5 Å². The number of oxazole rings is 1. The van der Waals surface area contributed by atoms with Crippen molar-refractivity contribution >= 4 is 63.2 Å². The van der Waals surface area contributed by atoms with Crippen LogP contribution in [0.1, 0.15) is 10.4 Å². The van der Waals surface area contributed by atoms with Crippen LogP contribution in [-0.4, -0.2) is 30.2 Å². The van der Waals surface area contributed by atoms with Gasteiger partial charge in [-0.25, -0.2) is 4.98 Å². The fraction of sp³-hybridized carbons (Fsp3) is 0.0870. The van der Waals surface area contributed by atoms with Crippen LogP contribution in [0.25, 0.3) is 22.6 Å². The van der Waals surface area contributed by atoms with Gasteiger partial charge in [0.25, 0.3) is 5.91 Å². The maximum absolute atomic E-state index is 12.5. The Morgan fingerprint density at radius 1 is 1.00 bits per heavy atom. The lowest BCUT2D eigenvalue weighted by Crippen LogP contribution is -2.34. The van der Waals surface area contributed by atoms with E-state index in [1.165, 1.54) is 6.07 Å². The van der Waals surface area contributed by atoms with Crippen LogP contribution in [0.3, 0.4) is 0 Å². The van der Waals surface area contributed by atoms with Gasteiger partial charge in [0.15, 0.2) is 22.2 Å². The molecule has 1 amide bonds. The van der Waals surface area contributed by atoms with Crippen molar-refractivity contribution in [1.82, 2.24) is 10.3 Å². The largest absolute Gasteiger partial charge is 0.493 e. The first kappa shape index (κ1) is 22.8. The number of methoxy groups -OCH3 is 2. The predicted octanol–water partition coefficient (Wildman–Crippen LogP) is 5.95. The molecular formula is C23H17Cl2N3O4S. The lowest BCUT2D eigenvalue weighted by Gasteiger charge is -2.10. The third-order valence-corrected chi connectivity index (χ3v) is 5.44. The minimum absolute atomic E-state index is 0.0963. The van der Waals surface area contributed by atoms with Crippen molar-refractivity contribution < 1.29 is 18.7 Å². The van der Waals surface area contributed by atoms with Crippen LogP contribution in [0.4, 0.5) is 5.69 Å². The van der Waals surface area contributed by atoms with E-state index in [-0.39, 0.29) is 15.7 Å². The maximum atomic E-state index is 12.5. The van der Waals surface area contributed by atoms with Crippen LogP contribution in [-0.2, 0) is 0 Å². The Morgan fingerprint density at radius 2 is 1.79 bits per heavy atom. The van der Waals surface area contributed by atoms with E-state index in [4.69, 9.17) is 49.3 Å². The Morgan fingerprint density at radius 3 is 2.55 bits per heavy atom. The van der Waals surface area contributed by atoms with Crippen molar-refractivity contribution in [2.45, 2.75) is 0 Å². The number of amides is 1. The number of carbonyl (C=O) groups is 1. The molecule has 0 saturated heterocycles. The van der Waals surface area contributed by atoms with Gasteiger partial charge in [0.1, 0.15) is 5.52 Å². The minimum Gasteiger partial charge on any atom is -0.493 e. The Balaban J connectivity index is 1.51. The first-order chi connectivity index (χ1) is 15.9. The summed E-state index contributed by atoms with van der Waals surface area (Å²) in [6, 6.07) is 15.3. The molecule has 0 aliphatic rings. The quantitative estimate of drug-likeness (QED) is 0.327. The molecule has 4 aromatic rings. The second kappa shape index (κ2) is 9.66. The number of fused-ring (bicyclic) bond motifs is 1. The van der Waals surface area contributed by atoms with E-state index in [2.05, 4.69) is 15.6 Å². The number of halogens is 2. The lowest BCUT2D eigenvalue weighted by molar-refractivity contribution is 0.0978. The molecule has 168 valence electrons. The lowest BCUT2D eigenvalue weighted by atomic mass is 10.2. The van der Waals surface area contributed by atoms with Gasteiger partial charge >= 0.3 is 0 Å². The molecule has 0 radical (unpaired) electrons. The summed E-state index contributed by atoms with van der Waals surface area (Å²) in [7, 11) is 3.13. The molecule has 0 aliphatic carbocycles. The van der Waals surface area contributed by atoms with Crippen molar-refractivity contribution in [3.05, 3.63) is 70.2 Å². The Labute approximate surface area is 204 Å². The normalized spacial score (nSPS) is 10.7. The van der Waals surface area contributed by atoms with E-state index in [9.17, 15) is 4.79 Å². The molecule has 1 aromatic heterocycles. The Hall–Kier alpha value is -3.33. The second-order valence-corrected chi connectivity index (χ2v) is 8.06. The second-order valence-electron chi connectivity index (χ2n) is 6.80. The van der Waals surface area contributed by atoms with Gasteiger partial charge in [-0.1, -0.05) is 23.2 Å². The SMILES string of the molecule is COc1ccc(-c2nc3cc(NC(=S)NC(=O)c4cc(Cl)ccc4Cl)ccc3o2)cc1OC. The van der Waals surface area contributed by atoms with Crippen LogP contribution in [0, 0.1) is 0 Å². The van der Waals surface area contributed by atoms with Crippen molar-refractivity contribution in [1.29, 1.82) is 0 Å². The molecular weight excluding hydrogens is 485 g/mol. The number of anilines is 1. The van der Waals surface area contributed by atoms with Gasteiger partial charge < -0.3 is 19.2 Å². The van der Waals surface area contributed by atoms with Gasteiger partial charge in [-0.15, -0.1) is 0 Å². The van der Waals surface area contributed by atoms with E-state index in [1.54, 1.807) is 56.7 Å². The number of aromatic nitrogens is 1. The third-order valence-electron chi connectivity index (χ3n) is 4.68. The van der Waals surface area contributed by atoms with Crippen molar-refractivity contribution in [2.75, 3.05) is 19.5 Å². The van der Waals surface area contributed by atoms with Gasteiger partial charge in [0.2, 0.25) is 5.89 Å². The molecule has 0 saturated carbocycles. The fourth-order valence-corrected chi connectivity index (χ4v) is 3.69. The summed E-state index contributed by atoms with van der Waals surface area (Å²) in [6.45, 7) is 0. The van der Waals surface area contributed by atoms with Gasteiger partial charge in [-0.2, -0.15) is 0 Å². The molecule has 0 fully saturated rings. The molecule has 0 spiro atoms. The number of rotatable bonds is 5. The Kier molecular flexibility index (Phi) is 6.69. The van der Waals surface area contributed by atoms with E-state index in [1.807, 2.05) is 6.07 Å². The number of nitrogens with zero attached hydrogens (tertiary/aromatic N) is 1. The van der Waals surface area contributed by atoms with Gasteiger partial charge in [-0.05, 0) is 66.8 Å². The molecule has 0 bridgehead atoms. The summed E-state index contributed by atoms with van der Waals surface area (Å²) in [5, 5.41) is 6.30. The smallest absolute Gasteiger partial charge is 0.258 e. The standard InChI is InChI=1S/C23H17Cl2N3O4S/c1-30-19-7-3-12(9-20(19)31-2)22-27-17-11-14(5-8-18(17)32-22)26-23(33)28-21(29)15-10-13(24)4-6-16(15)25/h3-11H,1-2H3,(H2,26,28,29,33). The molecule has 1 heterocycles. The van der Waals surface area contributed by atoms with Gasteiger partial charge in [0.05, 0.1) is 24.8 Å². The minimum atomic E-state index is -0.474. The summed E-state index contributed by atoms with van der Waals surface area (Å²) < 4.78 is 16.5. The molecule has 7 nitrogen and oxygen atoms in total. The van der Waals surface area contributed by atoms with Gasteiger partial charge in [0, 0.05) is 16.3 Å². The van der Waals surface area contributed by atoms with Crippen LogP contribution < -0.4 is 20.1 Å². The first-order valence-electron chi connectivity index (χ1n) is 9.58. The number of hydrogen-bond acceptors (Lipinski definition) is 6. The van der Waals surface area contributed by atoms with Gasteiger partial charge in [-0.3, -0.25) is 10.1 Å². The molecule has 4 rings (SSSR count). The summed E-state index contributed by atoms with van der Waals surface area (Å²) in [5.74, 6) is 1.13. The van der Waals surface area contributed by atoms with Crippen LogP contribution in [0.15, 0.2) is 59.0 Å².